The highest BCUT2D eigenvalue weighted by atomic mass is 32.1. The lowest BCUT2D eigenvalue weighted by Gasteiger charge is -2.25. The molecule has 7 heteroatoms. The van der Waals surface area contributed by atoms with Crippen molar-refractivity contribution in [2.24, 2.45) is 0 Å². The van der Waals surface area contributed by atoms with E-state index in [0.29, 0.717) is 12.1 Å². The van der Waals surface area contributed by atoms with Gasteiger partial charge < -0.3 is 15.4 Å². The van der Waals surface area contributed by atoms with Crippen LogP contribution in [0.1, 0.15) is 29.8 Å². The van der Waals surface area contributed by atoms with Crippen molar-refractivity contribution in [2.45, 2.75) is 25.9 Å². The van der Waals surface area contributed by atoms with Crippen molar-refractivity contribution >= 4 is 23.1 Å². The van der Waals surface area contributed by atoms with Gasteiger partial charge >= 0.3 is 0 Å². The van der Waals surface area contributed by atoms with Crippen molar-refractivity contribution in [1.29, 1.82) is 0 Å². The monoisotopic (exact) mass is 342 g/mol. The van der Waals surface area contributed by atoms with E-state index in [4.69, 9.17) is 12.2 Å². The molecule has 0 saturated heterocycles. The minimum atomic E-state index is -0.390. The summed E-state index contributed by atoms with van der Waals surface area (Å²) in [5.74, 6) is -0.0738. The lowest BCUT2D eigenvalue weighted by Crippen LogP contribution is -2.35. The Morgan fingerprint density at radius 3 is 2.92 bits per heavy atom. The molecular formula is C17H18N4O2S. The summed E-state index contributed by atoms with van der Waals surface area (Å²) in [6.07, 6.45) is 0.876. The second-order valence-corrected chi connectivity index (χ2v) is 6.33. The molecule has 0 fully saturated rings. The summed E-state index contributed by atoms with van der Waals surface area (Å²) >= 11 is 5.14. The normalized spacial score (nSPS) is 17.1. The third-order valence-electron chi connectivity index (χ3n) is 4.67. The van der Waals surface area contributed by atoms with E-state index in [-0.39, 0.29) is 16.2 Å². The number of nitrogens with one attached hydrogen (secondary N) is 3. The molecule has 0 spiro atoms. The summed E-state index contributed by atoms with van der Waals surface area (Å²) in [4.78, 5) is 18.6. The van der Waals surface area contributed by atoms with Crippen LogP contribution in [0.3, 0.4) is 0 Å². The molecule has 1 aromatic carbocycles. The zero-order valence-corrected chi connectivity index (χ0v) is 14.0. The molecule has 1 aliphatic heterocycles. The molecule has 3 heterocycles. The smallest absolute Gasteiger partial charge is 0.260 e. The number of aromatic nitrogens is 3. The van der Waals surface area contributed by atoms with Gasteiger partial charge in [-0.15, -0.1) is 0 Å². The first-order valence-electron chi connectivity index (χ1n) is 8.00. The van der Waals surface area contributed by atoms with E-state index in [1.54, 1.807) is 0 Å². The fourth-order valence-corrected chi connectivity index (χ4v) is 3.86. The van der Waals surface area contributed by atoms with Gasteiger partial charge in [-0.3, -0.25) is 14.3 Å². The molecule has 6 nitrogen and oxygen atoms in total. The summed E-state index contributed by atoms with van der Waals surface area (Å²) in [6.45, 7) is 3.10. The third kappa shape index (κ3) is 2.12. The largest absolute Gasteiger partial charge is 0.494 e. The van der Waals surface area contributed by atoms with Gasteiger partial charge in [-0.1, -0.05) is 18.2 Å². The van der Waals surface area contributed by atoms with Crippen LogP contribution in [0.25, 0.3) is 10.9 Å². The van der Waals surface area contributed by atoms with Crippen LogP contribution in [0.15, 0.2) is 29.1 Å². The number of H-pyrrole nitrogens is 2. The summed E-state index contributed by atoms with van der Waals surface area (Å²) in [5, 5.41) is 15.1. The topological polar surface area (TPSA) is 85.8 Å². The van der Waals surface area contributed by atoms with Crippen molar-refractivity contribution in [3.63, 3.8) is 0 Å². The summed E-state index contributed by atoms with van der Waals surface area (Å²) < 4.78 is 1.77. The molecule has 1 aliphatic rings. The van der Waals surface area contributed by atoms with Crippen molar-refractivity contribution in [3.8, 4) is 5.88 Å². The van der Waals surface area contributed by atoms with Crippen LogP contribution in [-0.2, 0) is 13.0 Å². The highest BCUT2D eigenvalue weighted by Crippen LogP contribution is 2.34. The molecule has 0 radical (unpaired) electrons. The number of hydrogen-bond acceptors (Lipinski definition) is 4. The molecule has 24 heavy (non-hydrogen) atoms. The number of para-hydroxylation sites is 1. The molecule has 0 unspecified atom stereocenters. The predicted molar refractivity (Wildman–Crippen MR) is 95.1 cm³/mol. The number of nitrogens with zero attached hydrogens (tertiary/aromatic N) is 1. The van der Waals surface area contributed by atoms with Crippen LogP contribution >= 0.6 is 12.2 Å². The molecule has 0 amide bonds. The third-order valence-corrected chi connectivity index (χ3v) is 4.99. The van der Waals surface area contributed by atoms with Crippen molar-refractivity contribution in [3.05, 3.63) is 56.2 Å². The van der Waals surface area contributed by atoms with E-state index in [1.165, 1.54) is 10.1 Å². The van der Waals surface area contributed by atoms with E-state index in [2.05, 4.69) is 21.4 Å². The molecule has 3 aromatic rings. The van der Waals surface area contributed by atoms with Crippen LogP contribution in [0.2, 0.25) is 0 Å². The Kier molecular flexibility index (Phi) is 3.54. The Bertz CT molecular complexity index is 1050. The van der Waals surface area contributed by atoms with Gasteiger partial charge in [0, 0.05) is 29.7 Å². The van der Waals surface area contributed by atoms with Gasteiger partial charge in [-0.2, -0.15) is 0 Å². The first-order chi connectivity index (χ1) is 11.6. The molecule has 124 valence electrons. The van der Waals surface area contributed by atoms with E-state index in [0.717, 1.165) is 29.6 Å². The van der Waals surface area contributed by atoms with Crippen LogP contribution in [0, 0.1) is 4.77 Å². The van der Waals surface area contributed by atoms with E-state index < -0.39 is 6.04 Å². The Labute approximate surface area is 143 Å². The first-order valence-corrected chi connectivity index (χ1v) is 8.41. The average molecular weight is 342 g/mol. The number of fused-ring (bicyclic) bond motifs is 3. The minimum absolute atomic E-state index is 0.0738. The lowest BCUT2D eigenvalue weighted by molar-refractivity contribution is 0.390. The van der Waals surface area contributed by atoms with Crippen molar-refractivity contribution < 1.29 is 5.11 Å². The predicted octanol–water partition coefficient (Wildman–Crippen LogP) is 2.35. The molecule has 2 aromatic heterocycles. The molecule has 0 bridgehead atoms. The molecule has 0 saturated carbocycles. The van der Waals surface area contributed by atoms with E-state index in [1.807, 2.05) is 25.1 Å². The highest BCUT2D eigenvalue weighted by molar-refractivity contribution is 7.71. The fraction of sp³-hybridized carbons (Fsp3) is 0.294. The molecule has 4 rings (SSSR count). The fourth-order valence-electron chi connectivity index (χ4n) is 3.56. The summed E-state index contributed by atoms with van der Waals surface area (Å²) in [6, 6.07) is 7.70. The molecule has 1 atom stereocenters. The van der Waals surface area contributed by atoms with Crippen LogP contribution < -0.4 is 10.9 Å². The van der Waals surface area contributed by atoms with Gasteiger partial charge in [0.1, 0.15) is 5.56 Å². The van der Waals surface area contributed by atoms with Crippen LogP contribution in [-0.4, -0.2) is 26.2 Å². The lowest BCUT2D eigenvalue weighted by atomic mass is 9.95. The Hall–Kier alpha value is -2.38. The first kappa shape index (κ1) is 15.2. The van der Waals surface area contributed by atoms with Crippen LogP contribution in [0.5, 0.6) is 5.88 Å². The zero-order valence-electron chi connectivity index (χ0n) is 13.2. The van der Waals surface area contributed by atoms with Gasteiger partial charge in [0.2, 0.25) is 5.88 Å². The van der Waals surface area contributed by atoms with Gasteiger partial charge in [0.15, 0.2) is 4.77 Å². The maximum Gasteiger partial charge on any atom is 0.260 e. The van der Waals surface area contributed by atoms with Gasteiger partial charge in [0.25, 0.3) is 5.56 Å². The van der Waals surface area contributed by atoms with Crippen molar-refractivity contribution in [1.82, 2.24) is 19.9 Å². The number of benzene rings is 1. The number of aromatic amines is 2. The van der Waals surface area contributed by atoms with Gasteiger partial charge in [0.05, 0.1) is 6.04 Å². The SMILES string of the molecule is CCn1c(O)c([C@@H]2NCCc3c2[nH]c2ccccc32)c(=O)[nH]c1=S. The molecule has 0 aliphatic carbocycles. The minimum Gasteiger partial charge on any atom is -0.494 e. The summed E-state index contributed by atoms with van der Waals surface area (Å²) in [5.41, 5.74) is 3.11. The van der Waals surface area contributed by atoms with E-state index >= 15 is 0 Å². The Morgan fingerprint density at radius 2 is 2.12 bits per heavy atom. The zero-order chi connectivity index (χ0) is 16.8. The Balaban J connectivity index is 1.98. The number of hydrogen-bond donors (Lipinski definition) is 4. The van der Waals surface area contributed by atoms with Crippen LogP contribution in [0.4, 0.5) is 0 Å². The quantitative estimate of drug-likeness (QED) is 0.539. The molecular weight excluding hydrogens is 324 g/mol. The maximum absolute atomic E-state index is 12.5. The Morgan fingerprint density at radius 1 is 1.33 bits per heavy atom. The average Bonchev–Trinajstić information content (AvgIpc) is 2.94. The second-order valence-electron chi connectivity index (χ2n) is 5.94. The maximum atomic E-state index is 12.5. The number of aromatic hydroxyl groups is 1. The van der Waals surface area contributed by atoms with E-state index in [9.17, 15) is 9.90 Å². The van der Waals surface area contributed by atoms with Crippen molar-refractivity contribution in [2.75, 3.05) is 6.54 Å². The molecule has 4 N–H and O–H groups in total. The standard InChI is InChI=1S/C17H18N4O2S/c1-2-21-16(23)12(15(22)20-17(21)24)14-13-10(7-8-18-14)9-5-3-4-6-11(9)19-13/h3-6,14,18-19,23H,2,7-8H2,1H3,(H,20,22,24)/t14-/m0/s1. The van der Waals surface area contributed by atoms with Gasteiger partial charge in [-0.25, -0.2) is 0 Å². The summed E-state index contributed by atoms with van der Waals surface area (Å²) in [7, 11) is 0. The van der Waals surface area contributed by atoms with Gasteiger partial charge in [-0.05, 0) is 37.2 Å². The second kappa shape index (κ2) is 5.61. The highest BCUT2D eigenvalue weighted by Gasteiger charge is 2.30. The number of rotatable bonds is 2.